The van der Waals surface area contributed by atoms with Gasteiger partial charge < -0.3 is 9.64 Å². The van der Waals surface area contributed by atoms with E-state index in [1.54, 1.807) is 7.11 Å². The van der Waals surface area contributed by atoms with Crippen molar-refractivity contribution < 1.29 is 9.53 Å². The first-order valence-electron chi connectivity index (χ1n) is 5.49. The average molecular weight is 221 g/mol. The minimum atomic E-state index is 0.103. The fourth-order valence-electron chi connectivity index (χ4n) is 1.63. The number of likely N-dealkylation sites (N-methyl/N-ethyl adjacent to an activating group) is 1. The molecule has 0 aromatic heterocycles. The van der Waals surface area contributed by atoms with Crippen LogP contribution in [0.3, 0.4) is 0 Å². The zero-order valence-corrected chi connectivity index (χ0v) is 10.2. The van der Waals surface area contributed by atoms with Gasteiger partial charge in [0.05, 0.1) is 6.54 Å². The number of rotatable bonds is 6. The van der Waals surface area contributed by atoms with Gasteiger partial charge in [-0.1, -0.05) is 12.1 Å². The average Bonchev–Trinajstić information content (AvgIpc) is 2.26. The molecule has 0 radical (unpaired) electrons. The molecule has 0 heterocycles. The van der Waals surface area contributed by atoms with E-state index in [9.17, 15) is 4.79 Å². The second-order valence-electron chi connectivity index (χ2n) is 3.82. The van der Waals surface area contributed by atoms with Gasteiger partial charge in [0.25, 0.3) is 0 Å². The number of nitrogens with zero attached hydrogens (tertiary/aromatic N) is 1. The molecular weight excluding hydrogens is 202 g/mol. The SMILES string of the molecule is CCN(CC(=O)COC)c1cccc(C)c1. The van der Waals surface area contributed by atoms with Gasteiger partial charge in [0.1, 0.15) is 6.61 Å². The maximum Gasteiger partial charge on any atom is 0.177 e. The Balaban J connectivity index is 2.70. The van der Waals surface area contributed by atoms with Crippen molar-refractivity contribution in [2.24, 2.45) is 0 Å². The van der Waals surface area contributed by atoms with Gasteiger partial charge in [-0.2, -0.15) is 0 Å². The number of ether oxygens (including phenoxy) is 1. The van der Waals surface area contributed by atoms with Crippen LogP contribution in [0.5, 0.6) is 0 Å². The van der Waals surface area contributed by atoms with Gasteiger partial charge in [-0.3, -0.25) is 4.79 Å². The van der Waals surface area contributed by atoms with Crippen LogP contribution >= 0.6 is 0 Å². The lowest BCUT2D eigenvalue weighted by molar-refractivity contribution is -0.121. The van der Waals surface area contributed by atoms with Crippen LogP contribution < -0.4 is 4.90 Å². The maximum atomic E-state index is 11.5. The van der Waals surface area contributed by atoms with E-state index in [2.05, 4.69) is 6.07 Å². The Bertz CT molecular complexity index is 350. The third-order valence-corrected chi connectivity index (χ3v) is 2.42. The number of carbonyl (C=O) groups excluding carboxylic acids is 1. The summed E-state index contributed by atoms with van der Waals surface area (Å²) in [5.74, 6) is 0.103. The summed E-state index contributed by atoms with van der Waals surface area (Å²) in [6.45, 7) is 5.51. The second kappa shape index (κ2) is 6.28. The molecular formula is C13H19NO2. The molecule has 16 heavy (non-hydrogen) atoms. The lowest BCUT2D eigenvalue weighted by atomic mass is 10.2. The number of ketones is 1. The Hall–Kier alpha value is -1.35. The standard InChI is InChI=1S/C13H19NO2/c1-4-14(9-13(15)10-16-3)12-7-5-6-11(2)8-12/h5-8H,4,9-10H2,1-3H3. The number of carbonyl (C=O) groups is 1. The normalized spacial score (nSPS) is 10.2. The zero-order chi connectivity index (χ0) is 12.0. The number of benzene rings is 1. The van der Waals surface area contributed by atoms with Crippen LogP contribution in [-0.2, 0) is 9.53 Å². The quantitative estimate of drug-likeness (QED) is 0.736. The van der Waals surface area contributed by atoms with Crippen molar-refractivity contribution in [2.75, 3.05) is 31.7 Å². The van der Waals surface area contributed by atoms with Crippen molar-refractivity contribution in [3.8, 4) is 0 Å². The van der Waals surface area contributed by atoms with E-state index in [0.29, 0.717) is 6.54 Å². The summed E-state index contributed by atoms with van der Waals surface area (Å²) in [7, 11) is 1.54. The van der Waals surface area contributed by atoms with Crippen molar-refractivity contribution >= 4 is 11.5 Å². The third kappa shape index (κ3) is 3.66. The van der Waals surface area contributed by atoms with Gasteiger partial charge in [-0.05, 0) is 31.5 Å². The van der Waals surface area contributed by atoms with E-state index in [4.69, 9.17) is 4.74 Å². The Kier molecular flexibility index (Phi) is 4.99. The van der Waals surface area contributed by atoms with Crippen LogP contribution in [0.1, 0.15) is 12.5 Å². The molecule has 0 aliphatic rings. The molecule has 88 valence electrons. The van der Waals surface area contributed by atoms with E-state index in [-0.39, 0.29) is 12.4 Å². The van der Waals surface area contributed by atoms with Crippen molar-refractivity contribution in [1.82, 2.24) is 0 Å². The first-order valence-corrected chi connectivity index (χ1v) is 5.49. The highest BCUT2D eigenvalue weighted by atomic mass is 16.5. The fraction of sp³-hybridized carbons (Fsp3) is 0.462. The summed E-state index contributed by atoms with van der Waals surface area (Å²) in [5, 5.41) is 0. The third-order valence-electron chi connectivity index (χ3n) is 2.42. The summed E-state index contributed by atoms with van der Waals surface area (Å²) < 4.78 is 4.83. The Morgan fingerprint density at radius 1 is 1.44 bits per heavy atom. The molecule has 0 aliphatic carbocycles. The van der Waals surface area contributed by atoms with Gasteiger partial charge in [-0.15, -0.1) is 0 Å². The molecule has 1 aromatic carbocycles. The zero-order valence-electron chi connectivity index (χ0n) is 10.2. The fourth-order valence-corrected chi connectivity index (χ4v) is 1.63. The Labute approximate surface area is 97.0 Å². The van der Waals surface area contributed by atoms with Crippen LogP contribution in [-0.4, -0.2) is 32.6 Å². The summed E-state index contributed by atoms with van der Waals surface area (Å²) in [4.78, 5) is 13.6. The van der Waals surface area contributed by atoms with E-state index in [1.807, 2.05) is 36.9 Å². The molecule has 1 aromatic rings. The largest absolute Gasteiger partial charge is 0.377 e. The summed E-state index contributed by atoms with van der Waals surface area (Å²) in [6.07, 6.45) is 0. The number of anilines is 1. The van der Waals surface area contributed by atoms with Gasteiger partial charge in [0.15, 0.2) is 5.78 Å². The number of Topliss-reactive ketones (excluding diaryl/α,β-unsaturated/α-hetero) is 1. The molecule has 0 spiro atoms. The minimum absolute atomic E-state index is 0.103. The number of aryl methyl sites for hydroxylation is 1. The Morgan fingerprint density at radius 2 is 2.19 bits per heavy atom. The number of hydrogen-bond acceptors (Lipinski definition) is 3. The lowest BCUT2D eigenvalue weighted by Gasteiger charge is -2.22. The molecule has 0 atom stereocenters. The number of hydrogen-bond donors (Lipinski definition) is 0. The smallest absolute Gasteiger partial charge is 0.177 e. The number of methoxy groups -OCH3 is 1. The van der Waals surface area contributed by atoms with Gasteiger partial charge in [0.2, 0.25) is 0 Å². The highest BCUT2D eigenvalue weighted by molar-refractivity contribution is 5.84. The monoisotopic (exact) mass is 221 g/mol. The van der Waals surface area contributed by atoms with Crippen molar-refractivity contribution in [3.05, 3.63) is 29.8 Å². The highest BCUT2D eigenvalue weighted by Gasteiger charge is 2.09. The maximum absolute atomic E-state index is 11.5. The van der Waals surface area contributed by atoms with Gasteiger partial charge in [0, 0.05) is 19.3 Å². The molecule has 0 amide bonds. The van der Waals surface area contributed by atoms with E-state index < -0.39 is 0 Å². The Morgan fingerprint density at radius 3 is 2.75 bits per heavy atom. The van der Waals surface area contributed by atoms with Crippen LogP contribution in [0, 0.1) is 6.92 Å². The molecule has 0 bridgehead atoms. The van der Waals surface area contributed by atoms with Crippen LogP contribution in [0.2, 0.25) is 0 Å². The molecule has 0 saturated heterocycles. The molecule has 0 aliphatic heterocycles. The van der Waals surface area contributed by atoms with E-state index >= 15 is 0 Å². The molecule has 0 saturated carbocycles. The summed E-state index contributed by atoms with van der Waals surface area (Å²) in [5.41, 5.74) is 2.29. The van der Waals surface area contributed by atoms with Gasteiger partial charge >= 0.3 is 0 Å². The molecule has 3 heteroatoms. The van der Waals surface area contributed by atoms with E-state index in [1.165, 1.54) is 5.56 Å². The second-order valence-corrected chi connectivity index (χ2v) is 3.82. The first-order chi connectivity index (χ1) is 7.67. The predicted molar refractivity (Wildman–Crippen MR) is 65.9 cm³/mol. The van der Waals surface area contributed by atoms with Crippen LogP contribution in [0.25, 0.3) is 0 Å². The molecule has 1 rings (SSSR count). The van der Waals surface area contributed by atoms with Crippen molar-refractivity contribution in [1.29, 1.82) is 0 Å². The summed E-state index contributed by atoms with van der Waals surface area (Å²) in [6, 6.07) is 8.17. The van der Waals surface area contributed by atoms with Crippen molar-refractivity contribution in [3.63, 3.8) is 0 Å². The molecule has 0 fully saturated rings. The van der Waals surface area contributed by atoms with E-state index in [0.717, 1.165) is 12.2 Å². The molecule has 0 unspecified atom stereocenters. The topological polar surface area (TPSA) is 29.5 Å². The highest BCUT2D eigenvalue weighted by Crippen LogP contribution is 2.15. The van der Waals surface area contributed by atoms with Crippen LogP contribution in [0.15, 0.2) is 24.3 Å². The molecule has 3 nitrogen and oxygen atoms in total. The first kappa shape index (κ1) is 12.7. The molecule has 0 N–H and O–H groups in total. The minimum Gasteiger partial charge on any atom is -0.377 e. The van der Waals surface area contributed by atoms with Gasteiger partial charge in [-0.25, -0.2) is 0 Å². The summed E-state index contributed by atoms with van der Waals surface area (Å²) >= 11 is 0. The van der Waals surface area contributed by atoms with Crippen molar-refractivity contribution in [2.45, 2.75) is 13.8 Å². The lowest BCUT2D eigenvalue weighted by Crippen LogP contribution is -2.31. The van der Waals surface area contributed by atoms with Crippen LogP contribution in [0.4, 0.5) is 5.69 Å². The predicted octanol–water partition coefficient (Wildman–Crippen LogP) is 2.04.